The van der Waals surface area contributed by atoms with Crippen molar-refractivity contribution in [2.45, 2.75) is 13.8 Å². The number of esters is 1. The molecule has 0 saturated carbocycles. The summed E-state index contributed by atoms with van der Waals surface area (Å²) >= 11 is 0. The summed E-state index contributed by atoms with van der Waals surface area (Å²) < 4.78 is 10.1. The van der Waals surface area contributed by atoms with Crippen molar-refractivity contribution in [2.24, 2.45) is 0 Å². The second-order valence-corrected chi connectivity index (χ2v) is 4.01. The van der Waals surface area contributed by atoms with Gasteiger partial charge in [-0.05, 0) is 31.0 Å². The van der Waals surface area contributed by atoms with Gasteiger partial charge in [-0.25, -0.2) is 9.78 Å². The van der Waals surface area contributed by atoms with Crippen LogP contribution in [-0.4, -0.2) is 29.7 Å². The van der Waals surface area contributed by atoms with E-state index in [9.17, 15) is 4.79 Å². The molecule has 0 fully saturated rings. The van der Waals surface area contributed by atoms with Crippen LogP contribution in [0.1, 0.15) is 23.0 Å². The lowest BCUT2D eigenvalue weighted by Crippen LogP contribution is -2.06. The third-order valence-electron chi connectivity index (χ3n) is 2.87. The Balaban J connectivity index is 2.38. The third kappa shape index (κ3) is 2.59. The number of ether oxygens (including phenoxy) is 2. The van der Waals surface area contributed by atoms with Crippen molar-refractivity contribution in [3.05, 3.63) is 35.8 Å². The first-order chi connectivity index (χ1) is 9.17. The second-order valence-electron chi connectivity index (χ2n) is 4.01. The molecule has 2 aromatic heterocycles. The average molecular weight is 260 g/mol. The summed E-state index contributed by atoms with van der Waals surface area (Å²) in [4.78, 5) is 18.8. The van der Waals surface area contributed by atoms with Gasteiger partial charge in [-0.15, -0.1) is 0 Å². The Labute approximate surface area is 111 Å². The van der Waals surface area contributed by atoms with Crippen molar-refractivity contribution in [1.82, 2.24) is 9.97 Å². The van der Waals surface area contributed by atoms with E-state index in [0.29, 0.717) is 18.2 Å². The number of aromatic amines is 1. The molecule has 1 N–H and O–H groups in total. The molecular weight excluding hydrogens is 244 g/mol. The van der Waals surface area contributed by atoms with Crippen molar-refractivity contribution in [1.29, 1.82) is 0 Å². The zero-order valence-corrected chi connectivity index (χ0v) is 11.2. The highest BCUT2D eigenvalue weighted by Crippen LogP contribution is 2.27. The van der Waals surface area contributed by atoms with Crippen LogP contribution in [0.15, 0.2) is 24.5 Å². The Kier molecular flexibility index (Phi) is 3.85. The Hall–Kier alpha value is -2.30. The van der Waals surface area contributed by atoms with Crippen molar-refractivity contribution >= 4 is 5.97 Å². The first kappa shape index (κ1) is 13.1. The fourth-order valence-corrected chi connectivity index (χ4v) is 1.90. The van der Waals surface area contributed by atoms with Gasteiger partial charge in [0.25, 0.3) is 0 Å². The van der Waals surface area contributed by atoms with Crippen LogP contribution in [0.25, 0.3) is 11.1 Å². The molecule has 0 radical (unpaired) electrons. The summed E-state index contributed by atoms with van der Waals surface area (Å²) in [5, 5.41) is 0. The van der Waals surface area contributed by atoms with Crippen molar-refractivity contribution < 1.29 is 14.3 Å². The van der Waals surface area contributed by atoms with Crippen LogP contribution in [0.5, 0.6) is 5.88 Å². The minimum Gasteiger partial charge on any atom is -0.481 e. The van der Waals surface area contributed by atoms with Gasteiger partial charge < -0.3 is 14.5 Å². The standard InChI is InChI=1S/C14H16N2O3/c1-4-19-14(17)13-9(2)11(8-16-13)10-5-6-15-12(7-10)18-3/h5-8,16H,4H2,1-3H3. The first-order valence-corrected chi connectivity index (χ1v) is 6.02. The van der Waals surface area contributed by atoms with Crippen molar-refractivity contribution in [3.63, 3.8) is 0 Å². The zero-order chi connectivity index (χ0) is 13.8. The van der Waals surface area contributed by atoms with E-state index in [1.807, 2.05) is 19.1 Å². The lowest BCUT2D eigenvalue weighted by molar-refractivity contribution is 0.0519. The quantitative estimate of drug-likeness (QED) is 0.858. The largest absolute Gasteiger partial charge is 0.481 e. The molecule has 19 heavy (non-hydrogen) atoms. The second kappa shape index (κ2) is 5.56. The first-order valence-electron chi connectivity index (χ1n) is 6.02. The van der Waals surface area contributed by atoms with E-state index in [0.717, 1.165) is 16.7 Å². The van der Waals surface area contributed by atoms with E-state index in [4.69, 9.17) is 9.47 Å². The number of aromatic nitrogens is 2. The van der Waals surface area contributed by atoms with Crippen LogP contribution in [-0.2, 0) is 4.74 Å². The molecule has 2 heterocycles. The Morgan fingerprint density at radius 1 is 1.47 bits per heavy atom. The highest BCUT2D eigenvalue weighted by molar-refractivity contribution is 5.92. The molecule has 0 spiro atoms. The number of carbonyl (C=O) groups excluding carboxylic acids is 1. The highest BCUT2D eigenvalue weighted by Gasteiger charge is 2.16. The van der Waals surface area contributed by atoms with Gasteiger partial charge >= 0.3 is 5.97 Å². The van der Waals surface area contributed by atoms with Gasteiger partial charge in [0.15, 0.2) is 0 Å². The summed E-state index contributed by atoms with van der Waals surface area (Å²) in [5.74, 6) is 0.197. The molecule has 0 unspecified atom stereocenters. The molecule has 0 aliphatic rings. The summed E-state index contributed by atoms with van der Waals surface area (Å²) in [5.41, 5.74) is 3.21. The molecule has 0 bridgehead atoms. The fourth-order valence-electron chi connectivity index (χ4n) is 1.90. The van der Waals surface area contributed by atoms with Crippen molar-refractivity contribution in [3.8, 4) is 17.0 Å². The Bertz CT molecular complexity index is 590. The number of H-pyrrole nitrogens is 1. The van der Waals surface area contributed by atoms with Gasteiger partial charge in [0.2, 0.25) is 5.88 Å². The molecule has 5 nitrogen and oxygen atoms in total. The molecule has 0 atom stereocenters. The van der Waals surface area contributed by atoms with E-state index in [-0.39, 0.29) is 5.97 Å². The van der Waals surface area contributed by atoms with Crippen LogP contribution >= 0.6 is 0 Å². The number of pyridine rings is 1. The molecule has 5 heteroatoms. The minimum absolute atomic E-state index is 0.340. The minimum atomic E-state index is -0.340. The van der Waals surface area contributed by atoms with Gasteiger partial charge in [0.05, 0.1) is 13.7 Å². The fraction of sp³-hybridized carbons (Fsp3) is 0.286. The van der Waals surface area contributed by atoms with Crippen LogP contribution in [0, 0.1) is 6.92 Å². The number of hydrogen-bond acceptors (Lipinski definition) is 4. The summed E-state index contributed by atoms with van der Waals surface area (Å²) in [6.07, 6.45) is 3.46. The van der Waals surface area contributed by atoms with E-state index in [1.165, 1.54) is 0 Å². The van der Waals surface area contributed by atoms with Crippen molar-refractivity contribution in [2.75, 3.05) is 13.7 Å². The van der Waals surface area contributed by atoms with E-state index < -0.39 is 0 Å². The highest BCUT2D eigenvalue weighted by atomic mass is 16.5. The van der Waals surface area contributed by atoms with Gasteiger partial charge in [-0.3, -0.25) is 0 Å². The number of rotatable bonds is 4. The summed E-state index contributed by atoms with van der Waals surface area (Å²) in [6, 6.07) is 3.69. The molecule has 0 aliphatic heterocycles. The summed E-state index contributed by atoms with van der Waals surface area (Å²) in [6.45, 7) is 4.02. The number of nitrogens with one attached hydrogen (secondary N) is 1. The van der Waals surface area contributed by atoms with Gasteiger partial charge in [0.1, 0.15) is 5.69 Å². The smallest absolute Gasteiger partial charge is 0.355 e. The SMILES string of the molecule is CCOC(=O)c1[nH]cc(-c2ccnc(OC)c2)c1C. The number of methoxy groups -OCH3 is 1. The topological polar surface area (TPSA) is 64.2 Å². The van der Waals surface area contributed by atoms with Gasteiger partial charge in [0, 0.05) is 24.0 Å². The van der Waals surface area contributed by atoms with Gasteiger partial charge in [-0.1, -0.05) is 0 Å². The average Bonchev–Trinajstić information content (AvgIpc) is 2.81. The van der Waals surface area contributed by atoms with Crippen LogP contribution in [0.4, 0.5) is 0 Å². The maximum absolute atomic E-state index is 11.7. The third-order valence-corrected chi connectivity index (χ3v) is 2.87. The number of carbonyl (C=O) groups is 1. The lowest BCUT2D eigenvalue weighted by atomic mass is 10.1. The molecule has 0 saturated heterocycles. The van der Waals surface area contributed by atoms with Crippen LogP contribution < -0.4 is 4.74 Å². The molecule has 2 aromatic rings. The number of hydrogen-bond donors (Lipinski definition) is 1. The Morgan fingerprint density at radius 2 is 2.26 bits per heavy atom. The Morgan fingerprint density at radius 3 is 2.95 bits per heavy atom. The van der Waals surface area contributed by atoms with E-state index >= 15 is 0 Å². The number of nitrogens with zero attached hydrogens (tertiary/aromatic N) is 1. The zero-order valence-electron chi connectivity index (χ0n) is 11.2. The normalized spacial score (nSPS) is 10.3. The molecular formula is C14H16N2O3. The maximum atomic E-state index is 11.7. The van der Waals surface area contributed by atoms with Gasteiger partial charge in [-0.2, -0.15) is 0 Å². The predicted molar refractivity (Wildman–Crippen MR) is 71.3 cm³/mol. The molecule has 0 aromatic carbocycles. The molecule has 0 amide bonds. The monoisotopic (exact) mass is 260 g/mol. The summed E-state index contributed by atoms with van der Waals surface area (Å²) in [7, 11) is 1.57. The van der Waals surface area contributed by atoms with Crippen LogP contribution in [0.2, 0.25) is 0 Å². The van der Waals surface area contributed by atoms with Crippen LogP contribution in [0.3, 0.4) is 0 Å². The molecule has 2 rings (SSSR count). The van der Waals surface area contributed by atoms with E-state index in [2.05, 4.69) is 9.97 Å². The lowest BCUT2D eigenvalue weighted by Gasteiger charge is -2.04. The van der Waals surface area contributed by atoms with E-state index in [1.54, 1.807) is 26.4 Å². The molecule has 100 valence electrons. The predicted octanol–water partition coefficient (Wildman–Crippen LogP) is 2.57. The maximum Gasteiger partial charge on any atom is 0.355 e. The molecule has 0 aliphatic carbocycles.